The van der Waals surface area contributed by atoms with Crippen LogP contribution in [0.25, 0.3) is 0 Å². The number of anilines is 2. The molecule has 136 valence electrons. The van der Waals surface area contributed by atoms with Gasteiger partial charge in [0.15, 0.2) is 5.11 Å². The van der Waals surface area contributed by atoms with Crippen molar-refractivity contribution in [2.24, 2.45) is 0 Å². The monoisotopic (exact) mass is 367 g/mol. The van der Waals surface area contributed by atoms with Crippen molar-refractivity contribution < 1.29 is 4.79 Å². The highest BCUT2D eigenvalue weighted by atomic mass is 32.1. The first-order chi connectivity index (χ1) is 12.6. The maximum absolute atomic E-state index is 11.8. The Morgan fingerprint density at radius 1 is 1.15 bits per heavy atom. The van der Waals surface area contributed by atoms with Gasteiger partial charge in [0.1, 0.15) is 0 Å². The number of thiocarbonyl (C=S) groups is 1. The Morgan fingerprint density at radius 2 is 1.85 bits per heavy atom. The summed E-state index contributed by atoms with van der Waals surface area (Å²) in [7, 11) is 0. The van der Waals surface area contributed by atoms with E-state index in [9.17, 15) is 4.79 Å². The quantitative estimate of drug-likeness (QED) is 0.761. The van der Waals surface area contributed by atoms with Crippen molar-refractivity contribution in [2.75, 3.05) is 16.8 Å². The van der Waals surface area contributed by atoms with Crippen molar-refractivity contribution in [3.63, 3.8) is 0 Å². The number of benzene rings is 2. The largest absolute Gasteiger partial charge is 0.356 e. The third kappa shape index (κ3) is 4.41. The van der Waals surface area contributed by atoms with Crippen LogP contribution < -0.4 is 15.5 Å². The van der Waals surface area contributed by atoms with E-state index in [-0.39, 0.29) is 11.9 Å². The first-order valence-electron chi connectivity index (χ1n) is 9.11. The molecule has 2 N–H and O–H groups in total. The molecule has 1 aliphatic heterocycles. The molecule has 5 heteroatoms. The topological polar surface area (TPSA) is 44.4 Å². The molecule has 1 amide bonds. The normalized spacial score (nSPS) is 15.0. The molecule has 0 spiro atoms. The Labute approximate surface area is 160 Å². The second-order valence-corrected chi connectivity index (χ2v) is 7.07. The van der Waals surface area contributed by atoms with E-state index in [1.807, 2.05) is 29.2 Å². The van der Waals surface area contributed by atoms with Gasteiger partial charge in [-0.2, -0.15) is 0 Å². The van der Waals surface area contributed by atoms with Gasteiger partial charge < -0.3 is 15.5 Å². The molecule has 2 aromatic rings. The van der Waals surface area contributed by atoms with Gasteiger partial charge in [0, 0.05) is 24.3 Å². The van der Waals surface area contributed by atoms with Gasteiger partial charge in [0.2, 0.25) is 5.91 Å². The average molecular weight is 368 g/mol. The minimum atomic E-state index is 0.178. The molecule has 1 heterocycles. The molecule has 1 aliphatic rings. The van der Waals surface area contributed by atoms with Gasteiger partial charge >= 0.3 is 0 Å². The summed E-state index contributed by atoms with van der Waals surface area (Å²) in [4.78, 5) is 13.7. The molecule has 0 saturated carbocycles. The summed E-state index contributed by atoms with van der Waals surface area (Å²) in [5.41, 5.74) is 4.34. The highest BCUT2D eigenvalue weighted by Gasteiger charge is 2.21. The summed E-state index contributed by atoms with van der Waals surface area (Å²) in [6, 6.07) is 16.5. The van der Waals surface area contributed by atoms with E-state index in [4.69, 9.17) is 12.2 Å². The molecule has 1 saturated heterocycles. The summed E-state index contributed by atoms with van der Waals surface area (Å²) in [6.07, 6.45) is 2.52. The van der Waals surface area contributed by atoms with Crippen molar-refractivity contribution in [2.45, 2.75) is 39.2 Å². The van der Waals surface area contributed by atoms with Crippen molar-refractivity contribution in [1.82, 2.24) is 5.32 Å². The molecule has 4 nitrogen and oxygen atoms in total. The minimum Gasteiger partial charge on any atom is -0.356 e. The van der Waals surface area contributed by atoms with Gasteiger partial charge in [-0.15, -0.1) is 0 Å². The number of amides is 1. The molecule has 1 atom stereocenters. The van der Waals surface area contributed by atoms with Crippen LogP contribution in [0.2, 0.25) is 0 Å². The molecule has 0 bridgehead atoms. The Morgan fingerprint density at radius 3 is 2.42 bits per heavy atom. The summed E-state index contributed by atoms with van der Waals surface area (Å²) in [6.45, 7) is 5.03. The minimum absolute atomic E-state index is 0.178. The number of nitrogens with one attached hydrogen (secondary N) is 2. The first kappa shape index (κ1) is 18.4. The smallest absolute Gasteiger partial charge is 0.227 e. The maximum atomic E-state index is 11.8. The van der Waals surface area contributed by atoms with Crippen LogP contribution in [0.1, 0.15) is 43.4 Å². The number of hydrogen-bond donors (Lipinski definition) is 2. The lowest BCUT2D eigenvalue weighted by Gasteiger charge is -2.21. The third-order valence-electron chi connectivity index (χ3n) is 4.70. The molecule has 3 rings (SSSR count). The van der Waals surface area contributed by atoms with Crippen molar-refractivity contribution >= 4 is 34.6 Å². The van der Waals surface area contributed by atoms with Gasteiger partial charge in [0.05, 0.1) is 6.04 Å². The molecule has 0 aliphatic carbocycles. The fraction of sp³-hybridized carbons (Fsp3) is 0.333. The van der Waals surface area contributed by atoms with Crippen LogP contribution in [0.3, 0.4) is 0 Å². The SMILES string of the molecule is CC[C@H](NC(=S)Nc1ccc(N2CCCC2=O)cc1)c1ccc(C)cc1. The number of carbonyl (C=O) groups is 1. The fourth-order valence-electron chi connectivity index (χ4n) is 3.19. The standard InChI is InChI=1S/C21H25N3OS/c1-3-19(16-8-6-15(2)7-9-16)23-21(26)22-17-10-12-18(13-11-17)24-14-4-5-20(24)25/h6-13,19H,3-5,14H2,1-2H3,(H2,22,23,26)/t19-/m0/s1. The summed E-state index contributed by atoms with van der Waals surface area (Å²) in [5, 5.41) is 7.22. The Bertz CT molecular complexity index is 771. The predicted octanol–water partition coefficient (Wildman–Crippen LogP) is 4.56. The zero-order valence-corrected chi connectivity index (χ0v) is 16.1. The highest BCUT2D eigenvalue weighted by Crippen LogP contribution is 2.23. The van der Waals surface area contributed by atoms with E-state index in [2.05, 4.69) is 48.7 Å². The number of rotatable bonds is 5. The van der Waals surface area contributed by atoms with Crippen LogP contribution in [0.4, 0.5) is 11.4 Å². The Hall–Kier alpha value is -2.40. The summed E-state index contributed by atoms with van der Waals surface area (Å²) in [5.74, 6) is 0.201. The first-order valence-corrected chi connectivity index (χ1v) is 9.52. The summed E-state index contributed by atoms with van der Waals surface area (Å²) < 4.78 is 0. The van der Waals surface area contributed by atoms with Gasteiger partial charge in [-0.05, 0) is 61.8 Å². The number of nitrogens with zero attached hydrogens (tertiary/aromatic N) is 1. The molecule has 0 radical (unpaired) electrons. The van der Waals surface area contributed by atoms with Gasteiger partial charge in [-0.3, -0.25) is 4.79 Å². The van der Waals surface area contributed by atoms with E-state index in [1.54, 1.807) is 0 Å². The lowest BCUT2D eigenvalue weighted by atomic mass is 10.0. The van der Waals surface area contributed by atoms with E-state index >= 15 is 0 Å². The number of carbonyl (C=O) groups excluding carboxylic acids is 1. The second-order valence-electron chi connectivity index (χ2n) is 6.67. The van der Waals surface area contributed by atoms with Gasteiger partial charge in [0.25, 0.3) is 0 Å². The predicted molar refractivity (Wildman–Crippen MR) is 112 cm³/mol. The number of hydrogen-bond acceptors (Lipinski definition) is 2. The molecule has 0 unspecified atom stereocenters. The van der Waals surface area contributed by atoms with Crippen LogP contribution in [0.5, 0.6) is 0 Å². The van der Waals surface area contributed by atoms with Crippen molar-refractivity contribution in [3.05, 3.63) is 59.7 Å². The van der Waals surface area contributed by atoms with Crippen LogP contribution in [-0.4, -0.2) is 17.6 Å². The van der Waals surface area contributed by atoms with Crippen molar-refractivity contribution in [3.8, 4) is 0 Å². The fourth-order valence-corrected chi connectivity index (χ4v) is 3.45. The van der Waals surface area contributed by atoms with Gasteiger partial charge in [-0.1, -0.05) is 36.8 Å². The van der Waals surface area contributed by atoms with Gasteiger partial charge in [-0.25, -0.2) is 0 Å². The molecule has 2 aromatic carbocycles. The lowest BCUT2D eigenvalue weighted by Crippen LogP contribution is -2.32. The zero-order valence-electron chi connectivity index (χ0n) is 15.3. The molecular weight excluding hydrogens is 342 g/mol. The van der Waals surface area contributed by atoms with E-state index in [0.29, 0.717) is 11.5 Å². The zero-order chi connectivity index (χ0) is 18.5. The number of aryl methyl sites for hydroxylation is 1. The van der Waals surface area contributed by atoms with E-state index in [0.717, 1.165) is 30.8 Å². The second kappa shape index (κ2) is 8.32. The van der Waals surface area contributed by atoms with Crippen LogP contribution >= 0.6 is 12.2 Å². The van der Waals surface area contributed by atoms with Crippen LogP contribution in [0, 0.1) is 6.92 Å². The van der Waals surface area contributed by atoms with Crippen LogP contribution in [-0.2, 0) is 4.79 Å². The maximum Gasteiger partial charge on any atom is 0.227 e. The molecular formula is C21H25N3OS. The lowest BCUT2D eigenvalue weighted by molar-refractivity contribution is -0.117. The average Bonchev–Trinajstić information content (AvgIpc) is 3.07. The molecule has 0 aromatic heterocycles. The van der Waals surface area contributed by atoms with E-state index < -0.39 is 0 Å². The molecule has 26 heavy (non-hydrogen) atoms. The van der Waals surface area contributed by atoms with Crippen molar-refractivity contribution in [1.29, 1.82) is 0 Å². The molecule has 1 fully saturated rings. The van der Waals surface area contributed by atoms with Crippen LogP contribution in [0.15, 0.2) is 48.5 Å². The third-order valence-corrected chi connectivity index (χ3v) is 4.92. The Kier molecular flexibility index (Phi) is 5.89. The Balaban J connectivity index is 1.60. The van der Waals surface area contributed by atoms with E-state index in [1.165, 1.54) is 11.1 Å². The summed E-state index contributed by atoms with van der Waals surface area (Å²) >= 11 is 5.48. The highest BCUT2D eigenvalue weighted by molar-refractivity contribution is 7.80.